The van der Waals surface area contributed by atoms with Crippen LogP contribution in [-0.2, 0) is 18.0 Å². The molecule has 0 saturated heterocycles. The molecule has 1 nitrogen and oxygen atoms in total. The minimum atomic E-state index is -0.332. The van der Waals surface area contributed by atoms with Crippen LogP contribution in [0.4, 0.5) is 4.39 Å². The molecule has 0 N–H and O–H groups in total. The van der Waals surface area contributed by atoms with E-state index in [0.717, 1.165) is 16.7 Å². The number of alkyl halides is 1. The maximum Gasteiger partial charge on any atom is 0.123 e. The number of fused-ring (bicyclic) bond motifs is 1. The molecule has 0 radical (unpaired) electrons. The monoisotopic (exact) mass is 276 g/mol. The SMILES string of the molecule is Cc1ccc(F)cc1C(Cl)c1ccc2c(c1)COC2. The van der Waals surface area contributed by atoms with Crippen LogP contribution in [0.5, 0.6) is 0 Å². The highest BCUT2D eigenvalue weighted by Crippen LogP contribution is 2.33. The predicted molar refractivity (Wildman–Crippen MR) is 73.8 cm³/mol. The quantitative estimate of drug-likeness (QED) is 0.734. The first kappa shape index (κ1) is 12.6. The van der Waals surface area contributed by atoms with Crippen molar-refractivity contribution in [3.63, 3.8) is 0 Å². The summed E-state index contributed by atoms with van der Waals surface area (Å²) in [7, 11) is 0. The lowest BCUT2D eigenvalue weighted by atomic mass is 9.97. The average molecular weight is 277 g/mol. The Hall–Kier alpha value is -1.38. The van der Waals surface area contributed by atoms with Gasteiger partial charge in [-0.3, -0.25) is 0 Å². The van der Waals surface area contributed by atoms with E-state index in [1.807, 2.05) is 19.1 Å². The third-order valence-corrected chi connectivity index (χ3v) is 4.04. The van der Waals surface area contributed by atoms with Gasteiger partial charge in [0.1, 0.15) is 5.82 Å². The van der Waals surface area contributed by atoms with Crippen LogP contribution in [0.25, 0.3) is 0 Å². The number of aryl methyl sites for hydroxylation is 1. The topological polar surface area (TPSA) is 9.23 Å². The van der Waals surface area contributed by atoms with Gasteiger partial charge in [0.05, 0.1) is 18.6 Å². The van der Waals surface area contributed by atoms with Gasteiger partial charge in [-0.2, -0.15) is 0 Å². The third kappa shape index (κ3) is 2.38. The number of ether oxygens (including phenoxy) is 1. The van der Waals surface area contributed by atoms with E-state index >= 15 is 0 Å². The number of hydrogen-bond donors (Lipinski definition) is 0. The van der Waals surface area contributed by atoms with Crippen molar-refractivity contribution >= 4 is 11.6 Å². The van der Waals surface area contributed by atoms with Crippen molar-refractivity contribution in [2.24, 2.45) is 0 Å². The number of halogens is 2. The van der Waals surface area contributed by atoms with Crippen LogP contribution in [0.1, 0.15) is 33.2 Å². The summed E-state index contributed by atoms with van der Waals surface area (Å²) in [5.41, 5.74) is 5.19. The van der Waals surface area contributed by atoms with Gasteiger partial charge in [0.15, 0.2) is 0 Å². The smallest absolute Gasteiger partial charge is 0.123 e. The zero-order valence-electron chi connectivity index (χ0n) is 10.6. The van der Waals surface area contributed by atoms with Crippen molar-refractivity contribution in [3.8, 4) is 0 Å². The maximum atomic E-state index is 13.4. The van der Waals surface area contributed by atoms with Crippen molar-refractivity contribution in [2.75, 3.05) is 0 Å². The van der Waals surface area contributed by atoms with E-state index in [-0.39, 0.29) is 11.2 Å². The normalized spacial score (nSPS) is 15.3. The van der Waals surface area contributed by atoms with Gasteiger partial charge < -0.3 is 4.74 Å². The van der Waals surface area contributed by atoms with E-state index in [1.165, 1.54) is 23.3 Å². The summed E-state index contributed by atoms with van der Waals surface area (Å²) in [4.78, 5) is 0. The second-order valence-electron chi connectivity index (χ2n) is 4.88. The van der Waals surface area contributed by atoms with E-state index in [4.69, 9.17) is 16.3 Å². The first-order valence-corrected chi connectivity index (χ1v) is 6.68. The molecule has 1 unspecified atom stereocenters. The number of benzene rings is 2. The molecule has 0 saturated carbocycles. The lowest BCUT2D eigenvalue weighted by molar-refractivity contribution is 0.134. The molecule has 1 atom stereocenters. The standard InChI is InChI=1S/C16H14ClFO/c1-10-2-5-14(18)7-15(10)16(17)11-3-4-12-8-19-9-13(12)6-11/h2-7,16H,8-9H2,1H3. The minimum absolute atomic E-state index is 0.254. The van der Waals surface area contributed by atoms with Gasteiger partial charge in [-0.05, 0) is 46.9 Å². The first-order valence-electron chi connectivity index (χ1n) is 6.25. The molecule has 0 aliphatic carbocycles. The highest BCUT2D eigenvalue weighted by molar-refractivity contribution is 6.22. The molecule has 3 heteroatoms. The van der Waals surface area contributed by atoms with Crippen LogP contribution in [-0.4, -0.2) is 0 Å². The van der Waals surface area contributed by atoms with Gasteiger partial charge in [0.2, 0.25) is 0 Å². The van der Waals surface area contributed by atoms with Gasteiger partial charge in [-0.25, -0.2) is 4.39 Å². The number of hydrogen-bond acceptors (Lipinski definition) is 1. The third-order valence-electron chi connectivity index (χ3n) is 3.55. The fourth-order valence-electron chi connectivity index (χ4n) is 2.41. The molecule has 1 heterocycles. The van der Waals surface area contributed by atoms with Crippen molar-refractivity contribution in [1.82, 2.24) is 0 Å². The molecule has 3 rings (SSSR count). The summed E-state index contributed by atoms with van der Waals surface area (Å²) in [5, 5.41) is -0.332. The Morgan fingerprint density at radius 3 is 2.74 bits per heavy atom. The van der Waals surface area contributed by atoms with E-state index in [2.05, 4.69) is 6.07 Å². The molecule has 2 aromatic rings. The van der Waals surface area contributed by atoms with Crippen LogP contribution in [0.2, 0.25) is 0 Å². The molecule has 2 aromatic carbocycles. The van der Waals surface area contributed by atoms with Gasteiger partial charge in [0, 0.05) is 0 Å². The molecular weight excluding hydrogens is 263 g/mol. The molecule has 1 aliphatic heterocycles. The largest absolute Gasteiger partial charge is 0.372 e. The molecule has 19 heavy (non-hydrogen) atoms. The van der Waals surface area contributed by atoms with E-state index < -0.39 is 0 Å². The van der Waals surface area contributed by atoms with E-state index in [9.17, 15) is 4.39 Å². The summed E-state index contributed by atoms with van der Waals surface area (Å²) in [5.74, 6) is -0.254. The Morgan fingerprint density at radius 1 is 1.11 bits per heavy atom. The second kappa shape index (κ2) is 4.95. The van der Waals surface area contributed by atoms with E-state index in [1.54, 1.807) is 6.07 Å². The molecule has 0 bridgehead atoms. The Kier molecular flexibility index (Phi) is 3.29. The lowest BCUT2D eigenvalue weighted by Gasteiger charge is -2.14. The lowest BCUT2D eigenvalue weighted by Crippen LogP contribution is -1.98. The molecule has 0 spiro atoms. The summed E-state index contributed by atoms with van der Waals surface area (Å²) >= 11 is 6.50. The van der Waals surface area contributed by atoms with Gasteiger partial charge in [0.25, 0.3) is 0 Å². The predicted octanol–water partition coefficient (Wildman–Crippen LogP) is 4.49. The highest BCUT2D eigenvalue weighted by atomic mass is 35.5. The zero-order chi connectivity index (χ0) is 13.4. The first-order chi connectivity index (χ1) is 9.15. The molecule has 0 amide bonds. The fourth-order valence-corrected chi connectivity index (χ4v) is 2.78. The van der Waals surface area contributed by atoms with Crippen molar-refractivity contribution < 1.29 is 9.13 Å². The van der Waals surface area contributed by atoms with Crippen molar-refractivity contribution in [1.29, 1.82) is 0 Å². The molecule has 98 valence electrons. The van der Waals surface area contributed by atoms with Crippen LogP contribution in [0, 0.1) is 12.7 Å². The van der Waals surface area contributed by atoms with Crippen molar-refractivity contribution in [3.05, 3.63) is 70.0 Å². The zero-order valence-corrected chi connectivity index (χ0v) is 11.4. The Balaban J connectivity index is 1.99. The van der Waals surface area contributed by atoms with Gasteiger partial charge in [-0.1, -0.05) is 24.3 Å². The Morgan fingerprint density at radius 2 is 1.89 bits per heavy atom. The Labute approximate surface area is 117 Å². The summed E-state index contributed by atoms with van der Waals surface area (Å²) in [6.45, 7) is 3.25. The minimum Gasteiger partial charge on any atom is -0.372 e. The Bertz CT molecular complexity index is 624. The van der Waals surface area contributed by atoms with Crippen LogP contribution in [0.15, 0.2) is 36.4 Å². The summed E-state index contributed by atoms with van der Waals surface area (Å²) in [6, 6.07) is 10.8. The van der Waals surface area contributed by atoms with Gasteiger partial charge >= 0.3 is 0 Å². The second-order valence-corrected chi connectivity index (χ2v) is 5.32. The van der Waals surface area contributed by atoms with Crippen LogP contribution in [0.3, 0.4) is 0 Å². The summed E-state index contributed by atoms with van der Waals surface area (Å²) < 4.78 is 18.8. The highest BCUT2D eigenvalue weighted by Gasteiger charge is 2.17. The van der Waals surface area contributed by atoms with Crippen LogP contribution < -0.4 is 0 Å². The van der Waals surface area contributed by atoms with Crippen LogP contribution >= 0.6 is 11.6 Å². The maximum absolute atomic E-state index is 13.4. The molecule has 1 aliphatic rings. The van der Waals surface area contributed by atoms with E-state index in [0.29, 0.717) is 13.2 Å². The summed E-state index contributed by atoms with van der Waals surface area (Å²) in [6.07, 6.45) is 0. The number of rotatable bonds is 2. The average Bonchev–Trinajstić information content (AvgIpc) is 2.88. The van der Waals surface area contributed by atoms with Crippen molar-refractivity contribution in [2.45, 2.75) is 25.5 Å². The fraction of sp³-hybridized carbons (Fsp3) is 0.250. The van der Waals surface area contributed by atoms with Gasteiger partial charge in [-0.15, -0.1) is 11.6 Å². The molecule has 0 aromatic heterocycles. The molecule has 0 fully saturated rings. The molecular formula is C16H14ClFO.